The van der Waals surface area contributed by atoms with Gasteiger partial charge < -0.3 is 15.3 Å². The van der Waals surface area contributed by atoms with Crippen molar-refractivity contribution in [1.82, 2.24) is 0 Å². The highest BCUT2D eigenvalue weighted by Crippen LogP contribution is 2.67. The first-order valence-corrected chi connectivity index (χ1v) is 10.0. The molecule has 0 radical (unpaired) electrons. The number of allylic oxidation sites excluding steroid dienone is 1. The summed E-state index contributed by atoms with van der Waals surface area (Å²) >= 11 is 0. The third kappa shape index (κ3) is 2.36. The van der Waals surface area contributed by atoms with Crippen molar-refractivity contribution in [3.05, 3.63) is 11.3 Å². The molecule has 0 aromatic carbocycles. The van der Waals surface area contributed by atoms with E-state index in [4.69, 9.17) is 0 Å². The molecule has 4 aliphatic carbocycles. The lowest BCUT2D eigenvalue weighted by atomic mass is 9.47. The van der Waals surface area contributed by atoms with Crippen LogP contribution in [0.15, 0.2) is 11.3 Å². The van der Waals surface area contributed by atoms with Crippen LogP contribution >= 0.6 is 0 Å². The van der Waals surface area contributed by atoms with Gasteiger partial charge in [0.05, 0.1) is 11.9 Å². The van der Waals surface area contributed by atoms with E-state index in [0.717, 1.165) is 44.1 Å². The van der Waals surface area contributed by atoms with Crippen LogP contribution in [0.25, 0.3) is 0 Å². The minimum absolute atomic E-state index is 0.00622. The normalized spacial score (nSPS) is 49.4. The number of hydrogen-bond acceptors (Lipinski definition) is 4. The van der Waals surface area contributed by atoms with Gasteiger partial charge in [-0.1, -0.05) is 13.8 Å². The van der Waals surface area contributed by atoms with Gasteiger partial charge in [0, 0.05) is 12.3 Å². The van der Waals surface area contributed by atoms with E-state index in [1.807, 2.05) is 0 Å². The molecule has 0 aromatic rings. The van der Waals surface area contributed by atoms with Crippen molar-refractivity contribution in [2.45, 2.75) is 71.3 Å². The number of ketones is 1. The zero-order valence-electron chi connectivity index (χ0n) is 15.5. The standard InChI is InChI=1S/C21H32O4/c1-20-8-6-15-13(14(20)3-4-16(20)19(25)11-22)10-18(24)17-9-12(23)5-7-21(15,17)2/h12-16,22-24H,3-11H2,1-2H3/t12?,13-,14-,15-,16+,20-,21+/m0/s1. The maximum atomic E-state index is 12.3. The van der Waals surface area contributed by atoms with Gasteiger partial charge in [-0.3, -0.25) is 4.79 Å². The van der Waals surface area contributed by atoms with E-state index in [0.29, 0.717) is 36.4 Å². The Morgan fingerprint density at radius 2 is 1.84 bits per heavy atom. The lowest BCUT2D eigenvalue weighted by molar-refractivity contribution is -0.132. The van der Waals surface area contributed by atoms with Crippen LogP contribution in [0.4, 0.5) is 0 Å². The Kier molecular flexibility index (Phi) is 4.08. The Balaban J connectivity index is 1.68. The second-order valence-electron chi connectivity index (χ2n) is 9.62. The van der Waals surface area contributed by atoms with E-state index in [1.165, 1.54) is 0 Å². The Morgan fingerprint density at radius 1 is 1.08 bits per heavy atom. The fraction of sp³-hybridized carbons (Fsp3) is 0.857. The molecule has 0 bridgehead atoms. The molecule has 0 amide bonds. The van der Waals surface area contributed by atoms with Gasteiger partial charge in [0.25, 0.3) is 0 Å². The number of Topliss-reactive ketones (excluding diaryl/α,β-unsaturated/α-hetero) is 1. The van der Waals surface area contributed by atoms with Crippen molar-refractivity contribution >= 4 is 5.78 Å². The van der Waals surface area contributed by atoms with Crippen LogP contribution in [-0.2, 0) is 4.79 Å². The van der Waals surface area contributed by atoms with Gasteiger partial charge >= 0.3 is 0 Å². The summed E-state index contributed by atoms with van der Waals surface area (Å²) in [4.78, 5) is 12.3. The molecule has 3 fully saturated rings. The summed E-state index contributed by atoms with van der Waals surface area (Å²) in [6.45, 7) is 4.21. The predicted octanol–water partition coefficient (Wildman–Crippen LogP) is 3.37. The lowest BCUT2D eigenvalue weighted by Crippen LogP contribution is -2.52. The molecule has 3 saturated carbocycles. The largest absolute Gasteiger partial charge is 0.512 e. The monoisotopic (exact) mass is 348 g/mol. The highest BCUT2D eigenvalue weighted by Gasteiger charge is 2.60. The van der Waals surface area contributed by atoms with Crippen molar-refractivity contribution in [2.24, 2.45) is 34.5 Å². The maximum Gasteiger partial charge on any atom is 0.161 e. The van der Waals surface area contributed by atoms with Crippen molar-refractivity contribution in [2.75, 3.05) is 6.61 Å². The molecule has 3 N–H and O–H groups in total. The third-order valence-corrected chi connectivity index (χ3v) is 8.70. The van der Waals surface area contributed by atoms with Gasteiger partial charge in [-0.15, -0.1) is 0 Å². The van der Waals surface area contributed by atoms with Gasteiger partial charge in [-0.25, -0.2) is 0 Å². The second-order valence-corrected chi connectivity index (χ2v) is 9.62. The molecular weight excluding hydrogens is 316 g/mol. The van der Waals surface area contributed by atoms with Crippen molar-refractivity contribution < 1.29 is 20.1 Å². The summed E-state index contributed by atoms with van der Waals surface area (Å²) in [6.07, 6.45) is 6.86. The number of carbonyl (C=O) groups excluding carboxylic acids is 1. The fourth-order valence-electron chi connectivity index (χ4n) is 7.39. The number of aliphatic hydroxyl groups is 3. The summed E-state index contributed by atoms with van der Waals surface area (Å²) in [5.74, 6) is 1.94. The highest BCUT2D eigenvalue weighted by atomic mass is 16.3. The smallest absolute Gasteiger partial charge is 0.161 e. The molecule has 25 heavy (non-hydrogen) atoms. The number of hydrogen-bond donors (Lipinski definition) is 3. The summed E-state index contributed by atoms with van der Waals surface area (Å²) in [5.41, 5.74) is 1.09. The van der Waals surface area contributed by atoms with Crippen LogP contribution in [0.3, 0.4) is 0 Å². The van der Waals surface area contributed by atoms with Crippen molar-refractivity contribution in [3.8, 4) is 0 Å². The molecule has 4 heteroatoms. The topological polar surface area (TPSA) is 77.8 Å². The van der Waals surface area contributed by atoms with E-state index in [1.54, 1.807) is 0 Å². The minimum atomic E-state index is -0.341. The summed E-state index contributed by atoms with van der Waals surface area (Å²) in [7, 11) is 0. The van der Waals surface area contributed by atoms with Crippen LogP contribution in [0.1, 0.15) is 65.2 Å². The van der Waals surface area contributed by atoms with Crippen LogP contribution in [0, 0.1) is 34.5 Å². The zero-order valence-corrected chi connectivity index (χ0v) is 15.5. The van der Waals surface area contributed by atoms with Crippen molar-refractivity contribution in [3.63, 3.8) is 0 Å². The maximum absolute atomic E-state index is 12.3. The molecule has 4 aliphatic rings. The molecule has 4 nitrogen and oxygen atoms in total. The van der Waals surface area contributed by atoms with E-state index in [2.05, 4.69) is 13.8 Å². The molecule has 7 atom stereocenters. The molecule has 1 unspecified atom stereocenters. The number of rotatable bonds is 2. The fourth-order valence-corrected chi connectivity index (χ4v) is 7.39. The average Bonchev–Trinajstić information content (AvgIpc) is 2.93. The van der Waals surface area contributed by atoms with Crippen LogP contribution < -0.4 is 0 Å². The molecule has 0 spiro atoms. The highest BCUT2D eigenvalue weighted by molar-refractivity contribution is 5.83. The number of aliphatic hydroxyl groups excluding tert-OH is 3. The number of fused-ring (bicyclic) bond motifs is 5. The van der Waals surface area contributed by atoms with E-state index in [-0.39, 0.29) is 35.2 Å². The molecule has 0 aromatic heterocycles. The van der Waals surface area contributed by atoms with Gasteiger partial charge in [0.2, 0.25) is 0 Å². The Morgan fingerprint density at radius 3 is 2.56 bits per heavy atom. The number of carbonyl (C=O) groups is 1. The Bertz CT molecular complexity index is 611. The minimum Gasteiger partial charge on any atom is -0.512 e. The third-order valence-electron chi connectivity index (χ3n) is 8.70. The predicted molar refractivity (Wildman–Crippen MR) is 94.9 cm³/mol. The molecular formula is C21H32O4. The van der Waals surface area contributed by atoms with Crippen LogP contribution in [0.5, 0.6) is 0 Å². The molecule has 0 heterocycles. The summed E-state index contributed by atoms with van der Waals surface area (Å²) in [6, 6.07) is 0. The average molecular weight is 348 g/mol. The quantitative estimate of drug-likeness (QED) is 0.715. The van der Waals surface area contributed by atoms with Gasteiger partial charge in [-0.2, -0.15) is 0 Å². The van der Waals surface area contributed by atoms with Crippen LogP contribution in [0.2, 0.25) is 0 Å². The van der Waals surface area contributed by atoms with E-state index < -0.39 is 0 Å². The molecule has 4 rings (SSSR count). The first kappa shape index (κ1) is 17.5. The van der Waals surface area contributed by atoms with Crippen LogP contribution in [-0.4, -0.2) is 33.8 Å². The lowest BCUT2D eigenvalue weighted by Gasteiger charge is -2.58. The van der Waals surface area contributed by atoms with Gasteiger partial charge in [0.15, 0.2) is 5.78 Å². The zero-order chi connectivity index (χ0) is 18.0. The summed E-state index contributed by atoms with van der Waals surface area (Å²) < 4.78 is 0. The van der Waals surface area contributed by atoms with Gasteiger partial charge in [0.1, 0.15) is 6.61 Å². The SMILES string of the molecule is C[C@]12CC[C@H]3[C@@H](CC(O)=C4CC(O)CC[C@@]43C)[C@@H]1CC[C@@H]2C(=O)CO. The first-order valence-electron chi connectivity index (χ1n) is 10.0. The van der Waals surface area contributed by atoms with Gasteiger partial charge in [-0.05, 0) is 79.1 Å². The van der Waals surface area contributed by atoms with E-state index in [9.17, 15) is 20.1 Å². The Labute approximate surface area is 150 Å². The second kappa shape index (κ2) is 5.82. The summed E-state index contributed by atoms with van der Waals surface area (Å²) in [5, 5.41) is 30.3. The molecule has 0 saturated heterocycles. The first-order chi connectivity index (χ1) is 11.8. The van der Waals surface area contributed by atoms with Crippen molar-refractivity contribution in [1.29, 1.82) is 0 Å². The molecule has 0 aliphatic heterocycles. The Hall–Kier alpha value is -0.870. The van der Waals surface area contributed by atoms with E-state index >= 15 is 0 Å². The molecule has 140 valence electrons.